The molecule has 13 heavy (non-hydrogen) atoms. The zero-order valence-electron chi connectivity index (χ0n) is 6.80. The smallest absolute Gasteiger partial charge is 0.219 e. The first-order chi connectivity index (χ1) is 6.09. The second-order valence-corrected chi connectivity index (χ2v) is 2.85. The van der Waals surface area contributed by atoms with Gasteiger partial charge in [0.15, 0.2) is 0 Å². The summed E-state index contributed by atoms with van der Waals surface area (Å²) >= 11 is 4.66. The van der Waals surface area contributed by atoms with Crippen molar-refractivity contribution in [2.45, 2.75) is 13.0 Å². The van der Waals surface area contributed by atoms with Crippen LogP contribution in [0.2, 0.25) is 0 Å². The number of rotatable bonds is 4. The number of amides is 1. The van der Waals surface area contributed by atoms with Gasteiger partial charge in [-0.25, -0.2) is 4.98 Å². The molecule has 0 atom stereocenters. The van der Waals surface area contributed by atoms with E-state index in [1.807, 2.05) is 0 Å². The predicted octanol–water partition coefficient (Wildman–Crippen LogP) is -1.21. The van der Waals surface area contributed by atoms with Crippen LogP contribution in [-0.4, -0.2) is 25.7 Å². The van der Waals surface area contributed by atoms with E-state index in [0.717, 1.165) is 0 Å². The second kappa shape index (κ2) is 3.94. The summed E-state index contributed by atoms with van der Waals surface area (Å²) < 4.78 is 1.47. The van der Waals surface area contributed by atoms with Crippen molar-refractivity contribution in [3.63, 3.8) is 0 Å². The fourth-order valence-corrected chi connectivity index (χ4v) is 0.834. The van der Waals surface area contributed by atoms with E-state index in [4.69, 9.17) is 11.5 Å². The normalized spacial score (nSPS) is 9.85. The minimum Gasteiger partial charge on any atom is -0.387 e. The maximum Gasteiger partial charge on any atom is 0.219 e. The van der Waals surface area contributed by atoms with Crippen molar-refractivity contribution >= 4 is 23.1 Å². The van der Waals surface area contributed by atoms with Crippen molar-refractivity contribution < 1.29 is 4.79 Å². The average molecular weight is 199 g/mol. The van der Waals surface area contributed by atoms with Crippen LogP contribution < -0.4 is 11.5 Å². The average Bonchev–Trinajstić information content (AvgIpc) is 2.48. The highest BCUT2D eigenvalue weighted by Crippen LogP contribution is 1.91. The van der Waals surface area contributed by atoms with Gasteiger partial charge in [0.1, 0.15) is 11.3 Å². The lowest BCUT2D eigenvalue weighted by atomic mass is 10.4. The zero-order chi connectivity index (χ0) is 9.84. The number of hydrogen-bond acceptors (Lipinski definition) is 4. The van der Waals surface area contributed by atoms with Gasteiger partial charge in [-0.1, -0.05) is 12.2 Å². The van der Waals surface area contributed by atoms with Crippen LogP contribution in [-0.2, 0) is 11.3 Å². The van der Waals surface area contributed by atoms with Crippen LogP contribution in [0.3, 0.4) is 0 Å². The van der Waals surface area contributed by atoms with Crippen molar-refractivity contribution in [1.82, 2.24) is 14.8 Å². The molecule has 0 bridgehead atoms. The molecule has 0 saturated heterocycles. The Morgan fingerprint density at radius 3 is 2.77 bits per heavy atom. The van der Waals surface area contributed by atoms with Gasteiger partial charge in [0.05, 0.1) is 6.54 Å². The van der Waals surface area contributed by atoms with E-state index < -0.39 is 0 Å². The highest BCUT2D eigenvalue weighted by Gasteiger charge is 2.03. The number of aryl methyl sites for hydroxylation is 1. The monoisotopic (exact) mass is 199 g/mol. The summed E-state index contributed by atoms with van der Waals surface area (Å²) in [5.74, 6) is -0.0770. The molecule has 7 heteroatoms. The summed E-state index contributed by atoms with van der Waals surface area (Å²) in [5, 5.41) is 3.91. The van der Waals surface area contributed by atoms with Gasteiger partial charge in [-0.05, 0) is 0 Å². The predicted molar refractivity (Wildman–Crippen MR) is 49.7 cm³/mol. The van der Waals surface area contributed by atoms with Gasteiger partial charge in [0.25, 0.3) is 0 Å². The number of nitrogens with two attached hydrogens (primary N) is 2. The van der Waals surface area contributed by atoms with Crippen LogP contribution in [0.25, 0.3) is 0 Å². The van der Waals surface area contributed by atoms with Crippen LogP contribution >= 0.6 is 12.2 Å². The summed E-state index contributed by atoms with van der Waals surface area (Å²) in [4.78, 5) is 14.4. The summed E-state index contributed by atoms with van der Waals surface area (Å²) in [7, 11) is 0. The number of carbonyl (C=O) groups excluding carboxylic acids is 1. The van der Waals surface area contributed by atoms with Crippen molar-refractivity contribution in [3.05, 3.63) is 12.2 Å². The first kappa shape index (κ1) is 9.59. The molecule has 0 spiro atoms. The third kappa shape index (κ3) is 2.79. The lowest BCUT2D eigenvalue weighted by Crippen LogP contribution is -2.15. The Hall–Kier alpha value is -1.50. The number of aromatic nitrogens is 3. The Labute approximate surface area is 79.9 Å². The Morgan fingerprint density at radius 2 is 2.31 bits per heavy atom. The molecule has 0 aliphatic heterocycles. The van der Waals surface area contributed by atoms with Gasteiger partial charge in [0.2, 0.25) is 11.7 Å². The molecule has 1 heterocycles. The van der Waals surface area contributed by atoms with E-state index in [9.17, 15) is 4.79 Å². The number of thiocarbonyl (C=S) groups is 1. The number of hydrogen-bond donors (Lipinski definition) is 2. The third-order valence-electron chi connectivity index (χ3n) is 1.34. The molecule has 0 aliphatic carbocycles. The van der Waals surface area contributed by atoms with Crippen LogP contribution in [0.1, 0.15) is 12.2 Å². The molecule has 0 unspecified atom stereocenters. The van der Waals surface area contributed by atoms with Crippen molar-refractivity contribution in [2.75, 3.05) is 0 Å². The summed E-state index contributed by atoms with van der Waals surface area (Å²) in [6, 6.07) is 0. The summed E-state index contributed by atoms with van der Waals surface area (Å²) in [5.41, 5.74) is 10.2. The Morgan fingerprint density at radius 1 is 1.62 bits per heavy atom. The minimum absolute atomic E-state index is 0.137. The van der Waals surface area contributed by atoms with E-state index in [1.165, 1.54) is 11.0 Å². The molecule has 1 amide bonds. The second-order valence-electron chi connectivity index (χ2n) is 2.41. The number of primary amides is 1. The molecule has 0 radical (unpaired) electrons. The Kier molecular flexibility index (Phi) is 2.91. The molecule has 0 fully saturated rings. The van der Waals surface area contributed by atoms with Gasteiger partial charge >= 0.3 is 0 Å². The molecule has 4 N–H and O–H groups in total. The third-order valence-corrected chi connectivity index (χ3v) is 1.53. The lowest BCUT2D eigenvalue weighted by molar-refractivity contribution is -0.118. The Bertz CT molecular complexity index is 334. The molecule has 1 aromatic heterocycles. The van der Waals surface area contributed by atoms with E-state index in [-0.39, 0.29) is 17.3 Å². The molecule has 6 nitrogen and oxygen atoms in total. The van der Waals surface area contributed by atoms with Crippen LogP contribution in [0.15, 0.2) is 6.33 Å². The Balaban J connectivity index is 2.59. The maximum atomic E-state index is 10.4. The molecular formula is C6H9N5OS. The van der Waals surface area contributed by atoms with Crippen LogP contribution in [0, 0.1) is 0 Å². The van der Waals surface area contributed by atoms with Gasteiger partial charge in [-0.3, -0.25) is 9.48 Å². The number of nitrogens with zero attached hydrogens (tertiary/aromatic N) is 3. The topological polar surface area (TPSA) is 99.8 Å². The quantitative estimate of drug-likeness (QED) is 0.592. The van der Waals surface area contributed by atoms with Crippen molar-refractivity contribution in [3.8, 4) is 0 Å². The molecular weight excluding hydrogens is 190 g/mol. The molecule has 1 rings (SSSR count). The van der Waals surface area contributed by atoms with Crippen molar-refractivity contribution in [1.29, 1.82) is 0 Å². The van der Waals surface area contributed by atoms with Gasteiger partial charge in [0, 0.05) is 6.42 Å². The lowest BCUT2D eigenvalue weighted by Gasteiger charge is -1.95. The molecule has 0 saturated carbocycles. The maximum absolute atomic E-state index is 10.4. The summed E-state index contributed by atoms with van der Waals surface area (Å²) in [6.07, 6.45) is 1.68. The highest BCUT2D eigenvalue weighted by molar-refractivity contribution is 7.80. The van der Waals surface area contributed by atoms with Crippen LogP contribution in [0.4, 0.5) is 0 Å². The van der Waals surface area contributed by atoms with Gasteiger partial charge in [-0.2, -0.15) is 0 Å². The highest BCUT2D eigenvalue weighted by atomic mass is 32.1. The SMILES string of the molecule is NC(=O)CCn1cnc(C(N)=S)n1. The summed E-state index contributed by atoms with van der Waals surface area (Å²) in [6.45, 7) is 0.394. The standard InChI is InChI=1S/C6H9N5OS/c7-4(12)1-2-11-3-9-6(10-11)5(8)13/h3H,1-2H2,(H2,7,12)(H2,8,13). The fraction of sp³-hybridized carbons (Fsp3) is 0.333. The molecule has 0 aromatic carbocycles. The van der Waals surface area contributed by atoms with Gasteiger partial charge in [-0.15, -0.1) is 5.10 Å². The number of carbonyl (C=O) groups is 1. The first-order valence-corrected chi connectivity index (χ1v) is 3.98. The van der Waals surface area contributed by atoms with E-state index in [0.29, 0.717) is 12.4 Å². The fourth-order valence-electron chi connectivity index (χ4n) is 0.740. The minimum atomic E-state index is -0.382. The molecule has 1 aromatic rings. The molecule has 0 aliphatic rings. The van der Waals surface area contributed by atoms with Crippen molar-refractivity contribution in [2.24, 2.45) is 11.5 Å². The van der Waals surface area contributed by atoms with E-state index in [1.54, 1.807) is 0 Å². The molecule has 70 valence electrons. The largest absolute Gasteiger partial charge is 0.387 e. The first-order valence-electron chi connectivity index (χ1n) is 3.57. The zero-order valence-corrected chi connectivity index (χ0v) is 7.62. The van der Waals surface area contributed by atoms with E-state index in [2.05, 4.69) is 22.3 Å². The van der Waals surface area contributed by atoms with Gasteiger partial charge < -0.3 is 11.5 Å². The van der Waals surface area contributed by atoms with E-state index >= 15 is 0 Å². The van der Waals surface area contributed by atoms with Crippen LogP contribution in [0.5, 0.6) is 0 Å².